The first kappa shape index (κ1) is 8.60. The van der Waals surface area contributed by atoms with Crippen LogP contribution in [0.3, 0.4) is 0 Å². The van der Waals surface area contributed by atoms with Crippen molar-refractivity contribution in [3.8, 4) is 53.9 Å². The van der Waals surface area contributed by atoms with Gasteiger partial charge in [-0.1, -0.05) is 0 Å². The summed E-state index contributed by atoms with van der Waals surface area (Å²) in [6.07, 6.45) is 6.90. The average Bonchev–Trinajstić information content (AvgIpc) is 2.03. The van der Waals surface area contributed by atoms with Gasteiger partial charge in [-0.25, -0.2) is 0 Å². The molecule has 0 aliphatic heterocycles. The molecule has 0 saturated heterocycles. The van der Waals surface area contributed by atoms with Gasteiger partial charge in [0.1, 0.15) is 5.92 Å². The lowest BCUT2D eigenvalue weighted by Crippen LogP contribution is -1.57. The number of nitrogens with zero attached hydrogens (tertiary/aromatic N) is 1. The van der Waals surface area contributed by atoms with E-state index in [1.165, 1.54) is 0 Å². The molecule has 0 spiro atoms. The number of terminal acetylenes is 1. The molecule has 45 valence electrons. The van der Waals surface area contributed by atoms with Gasteiger partial charge in [0.2, 0.25) is 17.9 Å². The molecule has 0 bridgehead atoms. The molecule has 0 fully saturated rings. The molecule has 0 aromatic carbocycles. The van der Waals surface area contributed by atoms with Crippen molar-refractivity contribution in [3.05, 3.63) is 6.42 Å². The molecule has 0 rings (SSSR count). The Kier molecular flexibility index (Phi) is 5.94. The minimum absolute atomic E-state index is 1.61. The van der Waals surface area contributed by atoms with E-state index in [0.29, 0.717) is 0 Å². The van der Waals surface area contributed by atoms with E-state index in [9.17, 15) is 0 Å². The van der Waals surface area contributed by atoms with Crippen LogP contribution in [0.1, 0.15) is 0 Å². The Hall–Kier alpha value is -2.40. The normalized spacial score (nSPS) is 3.82. The largest absolute Gasteiger partial charge is 0.349 e. The van der Waals surface area contributed by atoms with Crippen molar-refractivity contribution in [2.75, 3.05) is 0 Å². The molecular formula is C10HN+. The number of hydrogen-bond donors (Lipinski definition) is 0. The van der Waals surface area contributed by atoms with Crippen molar-refractivity contribution < 1.29 is 0 Å². The maximum Gasteiger partial charge on any atom is 0.349 e. The highest BCUT2D eigenvalue weighted by molar-refractivity contribution is 5.40. The minimum Gasteiger partial charge on any atom is -0.165 e. The Bertz CT molecular complexity index is 369. The van der Waals surface area contributed by atoms with Gasteiger partial charge in [0, 0.05) is 11.8 Å². The highest BCUT2D eigenvalue weighted by atomic mass is 14.2. The van der Waals surface area contributed by atoms with E-state index in [0.717, 1.165) is 0 Å². The van der Waals surface area contributed by atoms with Crippen LogP contribution >= 0.6 is 0 Å². The van der Waals surface area contributed by atoms with Crippen molar-refractivity contribution in [2.45, 2.75) is 0 Å². The first-order valence-corrected chi connectivity index (χ1v) is 2.51. The molecule has 1 radical (unpaired) electrons. The quantitative estimate of drug-likeness (QED) is 0.344. The van der Waals surface area contributed by atoms with Gasteiger partial charge in [0.15, 0.2) is 0 Å². The van der Waals surface area contributed by atoms with E-state index in [1.807, 2.05) is 0 Å². The molecular weight excluding hydrogens is 134 g/mol. The van der Waals surface area contributed by atoms with Crippen LogP contribution in [-0.4, -0.2) is 0 Å². The van der Waals surface area contributed by atoms with Crippen LogP contribution in [-0.2, 0) is 0 Å². The Labute approximate surface area is 66.4 Å². The van der Waals surface area contributed by atoms with Crippen LogP contribution in [0, 0.1) is 65.6 Å². The average molecular weight is 135 g/mol. The topological polar surface area (TPSA) is 23.8 Å². The number of nitriles is 1. The Morgan fingerprint density at radius 2 is 1.64 bits per heavy atom. The van der Waals surface area contributed by atoms with Gasteiger partial charge in [-0.15, -0.1) is 6.42 Å². The van der Waals surface area contributed by atoms with E-state index in [2.05, 4.69) is 47.9 Å². The second kappa shape index (κ2) is 7.60. The highest BCUT2D eigenvalue weighted by Crippen LogP contribution is 1.63. The van der Waals surface area contributed by atoms with Gasteiger partial charge >= 0.3 is 6.42 Å². The predicted octanol–water partition coefficient (Wildman–Crippen LogP) is 0.235. The van der Waals surface area contributed by atoms with Crippen LogP contribution in [0.2, 0.25) is 0 Å². The standard InChI is InChI=1S/C10HN/c1-2-3-4-5-6-7-8-9-10-11/h1H/q+1. The Balaban J connectivity index is 3.89. The van der Waals surface area contributed by atoms with Gasteiger partial charge in [0.25, 0.3) is 0 Å². The third kappa shape index (κ3) is 7.60. The molecule has 0 aliphatic rings. The molecule has 0 saturated carbocycles. The summed E-state index contributed by atoms with van der Waals surface area (Å²) in [7, 11) is 0. The van der Waals surface area contributed by atoms with Crippen molar-refractivity contribution in [3.63, 3.8) is 0 Å². The SMILES string of the molecule is C#CC#CC#CC#C[C+]C#N. The molecule has 11 heavy (non-hydrogen) atoms. The van der Waals surface area contributed by atoms with E-state index in [1.54, 1.807) is 6.07 Å². The summed E-state index contributed by atoms with van der Waals surface area (Å²) >= 11 is 0. The van der Waals surface area contributed by atoms with Crippen LogP contribution in [0.5, 0.6) is 0 Å². The summed E-state index contributed by atoms with van der Waals surface area (Å²) in [5.74, 6) is 16.0. The van der Waals surface area contributed by atoms with Gasteiger partial charge in [-0.05, 0) is 11.8 Å². The Morgan fingerprint density at radius 3 is 2.27 bits per heavy atom. The molecule has 0 aromatic rings. The molecule has 0 aliphatic carbocycles. The Morgan fingerprint density at radius 1 is 1.00 bits per heavy atom. The zero-order valence-electron chi connectivity index (χ0n) is 5.52. The molecule has 0 unspecified atom stereocenters. The van der Waals surface area contributed by atoms with Crippen LogP contribution in [0.25, 0.3) is 0 Å². The smallest absolute Gasteiger partial charge is 0.165 e. The maximum atomic E-state index is 7.94. The van der Waals surface area contributed by atoms with Gasteiger partial charge in [0.05, 0.1) is 0 Å². The molecule has 0 heterocycles. The minimum atomic E-state index is 1.61. The van der Waals surface area contributed by atoms with Crippen molar-refractivity contribution in [2.24, 2.45) is 0 Å². The summed E-state index contributed by atoms with van der Waals surface area (Å²) < 4.78 is 0. The monoisotopic (exact) mass is 135 g/mol. The lowest BCUT2D eigenvalue weighted by Gasteiger charge is -1.46. The zero-order chi connectivity index (χ0) is 8.36. The lowest BCUT2D eigenvalue weighted by atomic mass is 10.4. The van der Waals surface area contributed by atoms with E-state index in [4.69, 9.17) is 11.7 Å². The van der Waals surface area contributed by atoms with Gasteiger partial charge in [-0.2, -0.15) is 5.26 Å². The summed E-state index contributed by atoms with van der Waals surface area (Å²) in [4.78, 5) is 0. The molecule has 0 amide bonds. The molecule has 0 atom stereocenters. The fraction of sp³-hybridized carbons (Fsp3) is 0. The molecule has 0 aromatic heterocycles. The van der Waals surface area contributed by atoms with Crippen LogP contribution in [0.15, 0.2) is 0 Å². The highest BCUT2D eigenvalue weighted by Gasteiger charge is 1.84. The fourth-order valence-electron chi connectivity index (χ4n) is 0.220. The third-order valence-corrected chi connectivity index (χ3v) is 0.503. The van der Waals surface area contributed by atoms with Crippen LogP contribution < -0.4 is 0 Å². The second-order valence-corrected chi connectivity index (χ2v) is 1.13. The van der Waals surface area contributed by atoms with Crippen molar-refractivity contribution >= 4 is 0 Å². The molecule has 1 nitrogen and oxygen atoms in total. The maximum absolute atomic E-state index is 7.94. The van der Waals surface area contributed by atoms with E-state index >= 15 is 0 Å². The first-order valence-electron chi connectivity index (χ1n) is 2.51. The van der Waals surface area contributed by atoms with Crippen LogP contribution in [0.4, 0.5) is 0 Å². The zero-order valence-corrected chi connectivity index (χ0v) is 5.52. The van der Waals surface area contributed by atoms with Gasteiger partial charge < -0.3 is 0 Å². The van der Waals surface area contributed by atoms with Crippen molar-refractivity contribution in [1.82, 2.24) is 0 Å². The second-order valence-electron chi connectivity index (χ2n) is 1.13. The van der Waals surface area contributed by atoms with Crippen molar-refractivity contribution in [1.29, 1.82) is 5.26 Å². The van der Waals surface area contributed by atoms with Gasteiger partial charge in [-0.3, -0.25) is 0 Å². The number of hydrogen-bond acceptors (Lipinski definition) is 1. The summed E-state index contributed by atoms with van der Waals surface area (Å²) in [5, 5.41) is 7.94. The summed E-state index contributed by atoms with van der Waals surface area (Å²) in [6, 6.07) is 1.61. The predicted molar refractivity (Wildman–Crippen MR) is 41.0 cm³/mol. The molecule has 1 heteroatoms. The number of rotatable bonds is 0. The van der Waals surface area contributed by atoms with E-state index < -0.39 is 0 Å². The first-order chi connectivity index (χ1) is 5.41. The molecule has 0 N–H and O–H groups in total. The van der Waals surface area contributed by atoms with E-state index in [-0.39, 0.29) is 0 Å². The summed E-state index contributed by atoms with van der Waals surface area (Å²) in [6.45, 7) is 0. The fourth-order valence-corrected chi connectivity index (χ4v) is 0.220. The summed E-state index contributed by atoms with van der Waals surface area (Å²) in [5.41, 5.74) is 0. The third-order valence-electron chi connectivity index (χ3n) is 0.503. The lowest BCUT2D eigenvalue weighted by molar-refractivity contribution is 1.52.